The van der Waals surface area contributed by atoms with Crippen LogP contribution in [0.25, 0.3) is 33.0 Å². The molecule has 0 radical (unpaired) electrons. The van der Waals surface area contributed by atoms with Crippen molar-refractivity contribution in [3.05, 3.63) is 96.3 Å². The van der Waals surface area contributed by atoms with Gasteiger partial charge in [0.1, 0.15) is 5.82 Å². The number of hydrogen-bond donors (Lipinski definition) is 0. The van der Waals surface area contributed by atoms with Gasteiger partial charge in [0, 0.05) is 0 Å². The Labute approximate surface area is 166 Å². The topological polar surface area (TPSA) is 0 Å². The van der Waals surface area contributed by atoms with Crippen molar-refractivity contribution in [2.24, 2.45) is 0 Å². The molecule has 0 heterocycles. The van der Waals surface area contributed by atoms with Crippen LogP contribution in [0.4, 0.5) is 4.39 Å². The second-order valence-corrected chi connectivity index (χ2v) is 7.44. The normalized spacial score (nSPS) is 11.1. The Morgan fingerprint density at radius 3 is 1.79 bits per heavy atom. The summed E-state index contributed by atoms with van der Waals surface area (Å²) in [7, 11) is 0. The zero-order chi connectivity index (χ0) is 19.3. The molecule has 4 aromatic rings. The van der Waals surface area contributed by atoms with Gasteiger partial charge in [-0.05, 0) is 69.6 Å². The van der Waals surface area contributed by atoms with Crippen LogP contribution in [0.2, 0.25) is 0 Å². The molecule has 28 heavy (non-hydrogen) atoms. The van der Waals surface area contributed by atoms with Crippen molar-refractivity contribution in [1.29, 1.82) is 0 Å². The fraction of sp³-hybridized carbons (Fsp3) is 0.185. The highest BCUT2D eigenvalue weighted by atomic mass is 19.1. The van der Waals surface area contributed by atoms with Crippen molar-refractivity contribution < 1.29 is 4.39 Å². The molecule has 0 saturated carbocycles. The molecule has 0 aliphatic heterocycles. The summed E-state index contributed by atoms with van der Waals surface area (Å²) in [6.07, 6.45) is 4.98. The maximum absolute atomic E-state index is 13.1. The van der Waals surface area contributed by atoms with Crippen LogP contribution in [0.5, 0.6) is 0 Å². The summed E-state index contributed by atoms with van der Waals surface area (Å²) in [6.45, 7) is 2.24. The Bertz CT molecular complexity index is 1060. The van der Waals surface area contributed by atoms with Crippen LogP contribution in [0.15, 0.2) is 84.9 Å². The number of halogens is 1. The van der Waals surface area contributed by atoms with E-state index in [0.717, 1.165) is 17.5 Å². The zero-order valence-electron chi connectivity index (χ0n) is 16.3. The van der Waals surface area contributed by atoms with Gasteiger partial charge in [0.25, 0.3) is 0 Å². The van der Waals surface area contributed by atoms with E-state index in [-0.39, 0.29) is 5.82 Å². The first-order valence-corrected chi connectivity index (χ1v) is 10.1. The third-order valence-corrected chi connectivity index (χ3v) is 5.37. The minimum absolute atomic E-state index is 0.204. The van der Waals surface area contributed by atoms with Gasteiger partial charge in [-0.3, -0.25) is 0 Å². The molecule has 140 valence electrons. The van der Waals surface area contributed by atoms with E-state index in [4.69, 9.17) is 0 Å². The van der Waals surface area contributed by atoms with Gasteiger partial charge in [-0.25, -0.2) is 4.39 Å². The van der Waals surface area contributed by atoms with E-state index in [9.17, 15) is 4.39 Å². The number of hydrogen-bond acceptors (Lipinski definition) is 0. The Kier molecular flexibility index (Phi) is 5.53. The lowest BCUT2D eigenvalue weighted by Crippen LogP contribution is -1.86. The Balaban J connectivity index is 1.56. The fourth-order valence-corrected chi connectivity index (χ4v) is 3.71. The number of fused-ring (bicyclic) bond motifs is 1. The van der Waals surface area contributed by atoms with Gasteiger partial charge in [-0.15, -0.1) is 0 Å². The Morgan fingerprint density at radius 2 is 1.11 bits per heavy atom. The predicted molar refractivity (Wildman–Crippen MR) is 118 cm³/mol. The molecule has 0 aliphatic carbocycles. The minimum Gasteiger partial charge on any atom is -0.207 e. The van der Waals surface area contributed by atoms with Gasteiger partial charge in [0.2, 0.25) is 0 Å². The highest BCUT2D eigenvalue weighted by molar-refractivity contribution is 5.88. The summed E-state index contributed by atoms with van der Waals surface area (Å²) < 4.78 is 13.1. The number of aryl methyl sites for hydroxylation is 1. The zero-order valence-corrected chi connectivity index (χ0v) is 16.3. The molecule has 0 spiro atoms. The van der Waals surface area contributed by atoms with Crippen molar-refractivity contribution in [2.75, 3.05) is 0 Å². The summed E-state index contributed by atoms with van der Waals surface area (Å²) >= 11 is 0. The van der Waals surface area contributed by atoms with Crippen molar-refractivity contribution in [3.8, 4) is 22.3 Å². The molecule has 4 aromatic carbocycles. The van der Waals surface area contributed by atoms with E-state index in [1.807, 2.05) is 12.1 Å². The van der Waals surface area contributed by atoms with Gasteiger partial charge in [0.15, 0.2) is 0 Å². The van der Waals surface area contributed by atoms with Crippen LogP contribution in [0.1, 0.15) is 31.7 Å². The van der Waals surface area contributed by atoms with Crippen LogP contribution >= 0.6 is 0 Å². The third kappa shape index (κ3) is 4.14. The minimum atomic E-state index is -0.204. The average Bonchev–Trinajstić information content (AvgIpc) is 2.74. The molecule has 0 aromatic heterocycles. The molecule has 0 nitrogen and oxygen atoms in total. The second-order valence-electron chi connectivity index (χ2n) is 7.44. The summed E-state index contributed by atoms with van der Waals surface area (Å²) in [5, 5.41) is 2.58. The number of benzene rings is 4. The van der Waals surface area contributed by atoms with Gasteiger partial charge < -0.3 is 0 Å². The lowest BCUT2D eigenvalue weighted by atomic mass is 9.97. The first-order chi connectivity index (χ1) is 13.7. The highest BCUT2D eigenvalue weighted by Crippen LogP contribution is 2.28. The first kappa shape index (κ1) is 18.4. The molecular formula is C27H25F. The molecule has 0 saturated heterocycles. The first-order valence-electron chi connectivity index (χ1n) is 10.1. The van der Waals surface area contributed by atoms with E-state index < -0.39 is 0 Å². The summed E-state index contributed by atoms with van der Waals surface area (Å²) in [4.78, 5) is 0. The SMILES string of the molecule is CCCCCc1ccc2cc(-c3ccc(-c4ccc(F)cc4)cc3)ccc2c1. The molecule has 0 fully saturated rings. The monoisotopic (exact) mass is 368 g/mol. The van der Waals surface area contributed by atoms with Crippen molar-refractivity contribution >= 4 is 10.8 Å². The van der Waals surface area contributed by atoms with Gasteiger partial charge >= 0.3 is 0 Å². The van der Waals surface area contributed by atoms with E-state index in [0.29, 0.717) is 0 Å². The van der Waals surface area contributed by atoms with Crippen LogP contribution in [0, 0.1) is 5.82 Å². The molecule has 4 rings (SSSR count). The molecule has 0 bridgehead atoms. The van der Waals surface area contributed by atoms with Crippen molar-refractivity contribution in [3.63, 3.8) is 0 Å². The molecule has 0 atom stereocenters. The Hall–Kier alpha value is -2.93. The summed E-state index contributed by atoms with van der Waals surface area (Å²) in [5.41, 5.74) is 5.97. The van der Waals surface area contributed by atoms with E-state index in [1.54, 1.807) is 0 Å². The number of unbranched alkanes of at least 4 members (excludes halogenated alkanes) is 2. The lowest BCUT2D eigenvalue weighted by molar-refractivity contribution is 0.628. The lowest BCUT2D eigenvalue weighted by Gasteiger charge is -2.08. The molecule has 0 aliphatic rings. The Morgan fingerprint density at radius 1 is 0.571 bits per heavy atom. The van der Waals surface area contributed by atoms with E-state index >= 15 is 0 Å². The molecular weight excluding hydrogens is 343 g/mol. The van der Waals surface area contributed by atoms with Crippen LogP contribution < -0.4 is 0 Å². The molecule has 0 N–H and O–H groups in total. The largest absolute Gasteiger partial charge is 0.207 e. The highest BCUT2D eigenvalue weighted by Gasteiger charge is 2.03. The summed E-state index contributed by atoms with van der Waals surface area (Å²) in [5.74, 6) is -0.204. The third-order valence-electron chi connectivity index (χ3n) is 5.37. The molecule has 0 unspecified atom stereocenters. The average molecular weight is 368 g/mol. The van der Waals surface area contributed by atoms with Gasteiger partial charge in [-0.1, -0.05) is 86.5 Å². The predicted octanol–water partition coefficient (Wildman–Crippen LogP) is 8.05. The molecule has 0 amide bonds. The van der Waals surface area contributed by atoms with Crippen LogP contribution in [-0.2, 0) is 6.42 Å². The van der Waals surface area contributed by atoms with E-state index in [2.05, 4.69) is 67.6 Å². The van der Waals surface area contributed by atoms with Crippen molar-refractivity contribution in [2.45, 2.75) is 32.6 Å². The van der Waals surface area contributed by atoms with Gasteiger partial charge in [0.05, 0.1) is 0 Å². The smallest absolute Gasteiger partial charge is 0.123 e. The standard InChI is InChI=1S/C27H25F/c1-2-3-4-5-20-6-7-26-19-25(13-12-24(26)18-20)23-10-8-21(9-11-23)22-14-16-27(28)17-15-22/h6-19H,2-5H2,1H3. The maximum Gasteiger partial charge on any atom is 0.123 e. The summed E-state index contributed by atoms with van der Waals surface area (Å²) in [6, 6.07) is 28.6. The fourth-order valence-electron chi connectivity index (χ4n) is 3.71. The van der Waals surface area contributed by atoms with Crippen LogP contribution in [-0.4, -0.2) is 0 Å². The molecule has 1 heteroatoms. The van der Waals surface area contributed by atoms with Crippen molar-refractivity contribution in [1.82, 2.24) is 0 Å². The quantitative estimate of drug-likeness (QED) is 0.302. The maximum atomic E-state index is 13.1. The van der Waals surface area contributed by atoms with Gasteiger partial charge in [-0.2, -0.15) is 0 Å². The number of rotatable bonds is 6. The van der Waals surface area contributed by atoms with E-state index in [1.165, 1.54) is 58.9 Å². The van der Waals surface area contributed by atoms with Crippen LogP contribution in [0.3, 0.4) is 0 Å². The second kappa shape index (κ2) is 8.39.